The van der Waals surface area contributed by atoms with Crippen molar-refractivity contribution in [1.82, 2.24) is 10.9 Å². The summed E-state index contributed by atoms with van der Waals surface area (Å²) in [6.07, 6.45) is -0.759. The predicted molar refractivity (Wildman–Crippen MR) is 112 cm³/mol. The molecule has 3 aromatic rings. The van der Waals surface area contributed by atoms with Crippen LogP contribution in [0.2, 0.25) is 0 Å². The molecule has 0 bridgehead atoms. The number of hydrogen-bond acceptors (Lipinski definition) is 3. The van der Waals surface area contributed by atoms with Crippen LogP contribution in [0.3, 0.4) is 0 Å². The number of aryl methyl sites for hydroxylation is 1. The highest BCUT2D eigenvalue weighted by Crippen LogP contribution is 2.24. The number of hydrazine groups is 1. The lowest BCUT2D eigenvalue weighted by Gasteiger charge is -2.20. The van der Waals surface area contributed by atoms with Gasteiger partial charge in [-0.1, -0.05) is 78.4 Å². The van der Waals surface area contributed by atoms with E-state index in [4.69, 9.17) is 4.74 Å². The van der Waals surface area contributed by atoms with E-state index in [0.717, 1.165) is 16.7 Å². The second kappa shape index (κ2) is 9.55. The maximum atomic E-state index is 12.9. The third kappa shape index (κ3) is 5.45. The second-order valence-electron chi connectivity index (χ2n) is 6.81. The van der Waals surface area contributed by atoms with E-state index in [-0.39, 0.29) is 5.91 Å². The van der Waals surface area contributed by atoms with Crippen LogP contribution in [-0.4, -0.2) is 17.9 Å². The van der Waals surface area contributed by atoms with Gasteiger partial charge in [-0.25, -0.2) is 0 Å². The first-order valence-electron chi connectivity index (χ1n) is 9.47. The molecule has 0 radical (unpaired) electrons. The summed E-state index contributed by atoms with van der Waals surface area (Å²) in [6, 6.07) is 26.3. The van der Waals surface area contributed by atoms with Gasteiger partial charge in [0.1, 0.15) is 5.75 Å². The Hall–Kier alpha value is -3.60. The highest BCUT2D eigenvalue weighted by molar-refractivity contribution is 5.90. The van der Waals surface area contributed by atoms with Crippen molar-refractivity contribution in [2.45, 2.75) is 25.9 Å². The Morgan fingerprint density at radius 1 is 0.724 bits per heavy atom. The molecule has 0 spiro atoms. The number of amides is 2. The molecule has 0 aliphatic carbocycles. The minimum Gasteiger partial charge on any atom is -0.481 e. The van der Waals surface area contributed by atoms with Crippen LogP contribution in [0, 0.1) is 6.92 Å². The number of ether oxygens (including phenoxy) is 1. The van der Waals surface area contributed by atoms with Crippen molar-refractivity contribution in [1.29, 1.82) is 0 Å². The lowest BCUT2D eigenvalue weighted by molar-refractivity contribution is -0.133. The van der Waals surface area contributed by atoms with Crippen LogP contribution in [-0.2, 0) is 9.59 Å². The summed E-state index contributed by atoms with van der Waals surface area (Å²) in [5.74, 6) is -0.695. The van der Waals surface area contributed by atoms with Gasteiger partial charge in [-0.05, 0) is 37.1 Å². The Morgan fingerprint density at radius 2 is 1.21 bits per heavy atom. The molecule has 2 amide bonds. The third-order valence-corrected chi connectivity index (χ3v) is 4.54. The van der Waals surface area contributed by atoms with E-state index in [0.29, 0.717) is 5.75 Å². The van der Waals surface area contributed by atoms with E-state index in [1.165, 1.54) is 0 Å². The van der Waals surface area contributed by atoms with Crippen molar-refractivity contribution in [2.75, 3.05) is 0 Å². The van der Waals surface area contributed by atoms with Gasteiger partial charge in [0.2, 0.25) is 5.91 Å². The zero-order chi connectivity index (χ0) is 20.6. The van der Waals surface area contributed by atoms with Crippen molar-refractivity contribution < 1.29 is 14.3 Å². The molecule has 0 saturated carbocycles. The Labute approximate surface area is 170 Å². The summed E-state index contributed by atoms with van der Waals surface area (Å²) in [4.78, 5) is 25.3. The number of carbonyl (C=O) groups is 2. The zero-order valence-corrected chi connectivity index (χ0v) is 16.5. The van der Waals surface area contributed by atoms with Crippen molar-refractivity contribution in [3.63, 3.8) is 0 Å². The summed E-state index contributed by atoms with van der Waals surface area (Å²) >= 11 is 0. The van der Waals surface area contributed by atoms with Crippen LogP contribution >= 0.6 is 0 Å². The lowest BCUT2D eigenvalue weighted by atomic mass is 9.91. The Morgan fingerprint density at radius 3 is 1.72 bits per heavy atom. The number of rotatable bonds is 6. The SMILES string of the molecule is Cc1ccc(O[C@H](C)C(=O)NNC(=O)C(c2ccccc2)c2ccccc2)cc1. The van der Waals surface area contributed by atoms with E-state index in [2.05, 4.69) is 10.9 Å². The first-order valence-corrected chi connectivity index (χ1v) is 9.47. The largest absolute Gasteiger partial charge is 0.481 e. The second-order valence-corrected chi connectivity index (χ2v) is 6.81. The minimum atomic E-state index is -0.759. The van der Waals surface area contributed by atoms with Gasteiger partial charge in [0.15, 0.2) is 6.10 Å². The summed E-state index contributed by atoms with van der Waals surface area (Å²) in [7, 11) is 0. The molecular formula is C24H24N2O3. The van der Waals surface area contributed by atoms with Crippen LogP contribution in [0.1, 0.15) is 29.5 Å². The van der Waals surface area contributed by atoms with Crippen molar-refractivity contribution >= 4 is 11.8 Å². The van der Waals surface area contributed by atoms with Gasteiger partial charge in [-0.3, -0.25) is 20.4 Å². The van der Waals surface area contributed by atoms with Gasteiger partial charge in [0.05, 0.1) is 5.92 Å². The highest BCUT2D eigenvalue weighted by Gasteiger charge is 2.24. The smallest absolute Gasteiger partial charge is 0.279 e. The van der Waals surface area contributed by atoms with E-state index < -0.39 is 17.9 Å². The van der Waals surface area contributed by atoms with E-state index in [1.807, 2.05) is 79.7 Å². The van der Waals surface area contributed by atoms with Crippen molar-refractivity contribution in [3.05, 3.63) is 102 Å². The maximum Gasteiger partial charge on any atom is 0.279 e. The number of hydrogen-bond donors (Lipinski definition) is 2. The predicted octanol–water partition coefficient (Wildman–Crippen LogP) is 3.74. The first kappa shape index (κ1) is 20.1. The molecule has 0 aliphatic heterocycles. The zero-order valence-electron chi connectivity index (χ0n) is 16.5. The van der Waals surface area contributed by atoms with E-state index in [9.17, 15) is 9.59 Å². The first-order chi connectivity index (χ1) is 14.0. The fourth-order valence-corrected chi connectivity index (χ4v) is 2.96. The van der Waals surface area contributed by atoms with Gasteiger partial charge in [-0.15, -0.1) is 0 Å². The minimum absolute atomic E-state index is 0.321. The molecule has 29 heavy (non-hydrogen) atoms. The van der Waals surface area contributed by atoms with Crippen LogP contribution < -0.4 is 15.6 Å². The van der Waals surface area contributed by atoms with Crippen LogP contribution in [0.25, 0.3) is 0 Å². The molecule has 0 aliphatic rings. The van der Waals surface area contributed by atoms with Crippen molar-refractivity contribution in [3.8, 4) is 5.75 Å². The normalized spacial score (nSPS) is 11.6. The fraction of sp³-hybridized carbons (Fsp3) is 0.167. The molecule has 5 nitrogen and oxygen atoms in total. The quantitative estimate of drug-likeness (QED) is 0.632. The summed E-state index contributed by atoms with van der Waals surface area (Å²) in [6.45, 7) is 3.61. The van der Waals surface area contributed by atoms with Crippen molar-refractivity contribution in [2.24, 2.45) is 0 Å². The van der Waals surface area contributed by atoms with Crippen LogP contribution in [0.15, 0.2) is 84.9 Å². The van der Waals surface area contributed by atoms with E-state index in [1.54, 1.807) is 19.1 Å². The number of nitrogens with one attached hydrogen (secondary N) is 2. The van der Waals surface area contributed by atoms with Gasteiger partial charge in [0.25, 0.3) is 5.91 Å². The number of benzene rings is 3. The molecule has 0 heterocycles. The molecule has 5 heteroatoms. The summed E-state index contributed by atoms with van der Waals surface area (Å²) in [5, 5.41) is 0. The summed E-state index contributed by atoms with van der Waals surface area (Å²) in [5.41, 5.74) is 7.80. The highest BCUT2D eigenvalue weighted by atomic mass is 16.5. The molecule has 2 N–H and O–H groups in total. The average molecular weight is 388 g/mol. The van der Waals surface area contributed by atoms with Crippen LogP contribution in [0.5, 0.6) is 5.75 Å². The molecule has 0 unspecified atom stereocenters. The Kier molecular flexibility index (Phi) is 6.63. The van der Waals surface area contributed by atoms with Gasteiger partial charge < -0.3 is 4.74 Å². The Balaban J connectivity index is 1.65. The Bertz CT molecular complexity index is 901. The average Bonchev–Trinajstić information content (AvgIpc) is 2.75. The van der Waals surface area contributed by atoms with Gasteiger partial charge >= 0.3 is 0 Å². The number of carbonyl (C=O) groups excluding carboxylic acids is 2. The molecule has 148 valence electrons. The third-order valence-electron chi connectivity index (χ3n) is 4.54. The van der Waals surface area contributed by atoms with Crippen LogP contribution in [0.4, 0.5) is 0 Å². The topological polar surface area (TPSA) is 67.4 Å². The maximum absolute atomic E-state index is 12.9. The van der Waals surface area contributed by atoms with Gasteiger partial charge in [0, 0.05) is 0 Å². The molecule has 0 fully saturated rings. The lowest BCUT2D eigenvalue weighted by Crippen LogP contribution is -2.48. The molecule has 1 atom stereocenters. The standard InChI is InChI=1S/C24H24N2O3/c1-17-13-15-21(16-14-17)29-18(2)23(27)25-26-24(28)22(19-9-5-3-6-10-19)20-11-7-4-8-12-20/h3-16,18,22H,1-2H3,(H,25,27)(H,26,28)/t18-/m1/s1. The fourth-order valence-electron chi connectivity index (χ4n) is 2.96. The summed E-state index contributed by atoms with van der Waals surface area (Å²) < 4.78 is 5.63. The van der Waals surface area contributed by atoms with Gasteiger partial charge in [-0.2, -0.15) is 0 Å². The molecule has 0 aromatic heterocycles. The van der Waals surface area contributed by atoms with E-state index >= 15 is 0 Å². The monoisotopic (exact) mass is 388 g/mol. The molecule has 3 aromatic carbocycles. The molecule has 0 saturated heterocycles. The molecular weight excluding hydrogens is 364 g/mol. The molecule has 3 rings (SSSR count).